The van der Waals surface area contributed by atoms with Gasteiger partial charge in [0.05, 0.1) is 8.95 Å². The van der Waals surface area contributed by atoms with Crippen LogP contribution in [-0.4, -0.2) is 10.2 Å². The zero-order valence-electron chi connectivity index (χ0n) is 15.0. The van der Waals surface area contributed by atoms with E-state index in [9.17, 15) is 10.2 Å². The van der Waals surface area contributed by atoms with Gasteiger partial charge in [-0.2, -0.15) is 0 Å². The van der Waals surface area contributed by atoms with Gasteiger partial charge in [0, 0.05) is 20.1 Å². The Bertz CT molecular complexity index is 846. The molecule has 0 unspecified atom stereocenters. The fourth-order valence-electron chi connectivity index (χ4n) is 3.55. The zero-order chi connectivity index (χ0) is 20.3. The van der Waals surface area contributed by atoms with Crippen molar-refractivity contribution in [2.24, 2.45) is 11.8 Å². The van der Waals surface area contributed by atoms with Crippen LogP contribution in [0.15, 0.2) is 54.3 Å². The average molecular weight is 636 g/mol. The fourth-order valence-corrected chi connectivity index (χ4v) is 6.06. The monoisotopic (exact) mass is 632 g/mol. The number of hydrogen-bond donors (Lipinski definition) is 2. The molecule has 6 heteroatoms. The van der Waals surface area contributed by atoms with Gasteiger partial charge in [-0.3, -0.25) is 0 Å². The molecule has 0 heterocycles. The molecule has 2 atom stereocenters. The number of halogens is 4. The summed E-state index contributed by atoms with van der Waals surface area (Å²) in [7, 11) is 0. The molecule has 0 aromatic heterocycles. The third-order valence-electron chi connectivity index (χ3n) is 5.04. The lowest BCUT2D eigenvalue weighted by Crippen LogP contribution is -2.15. The molecule has 2 aromatic rings. The van der Waals surface area contributed by atoms with Crippen LogP contribution in [0, 0.1) is 11.8 Å². The highest BCUT2D eigenvalue weighted by Crippen LogP contribution is 2.37. The van der Waals surface area contributed by atoms with Gasteiger partial charge < -0.3 is 10.2 Å². The van der Waals surface area contributed by atoms with E-state index in [1.807, 2.05) is 36.4 Å². The third kappa shape index (κ3) is 5.53. The Balaban J connectivity index is 1.82. The van der Waals surface area contributed by atoms with E-state index < -0.39 is 0 Å². The van der Waals surface area contributed by atoms with Crippen molar-refractivity contribution in [1.82, 2.24) is 0 Å². The minimum absolute atomic E-state index is 0.256. The summed E-state index contributed by atoms with van der Waals surface area (Å²) in [6, 6.07) is 7.51. The molecule has 0 bridgehead atoms. The predicted octanol–water partition coefficient (Wildman–Crippen LogP) is 8.68. The highest BCUT2D eigenvalue weighted by atomic mass is 79.9. The molecule has 148 valence electrons. The van der Waals surface area contributed by atoms with E-state index >= 15 is 0 Å². The van der Waals surface area contributed by atoms with Gasteiger partial charge in [-0.25, -0.2) is 0 Å². The Hall–Kier alpha value is -0.560. The lowest BCUT2D eigenvalue weighted by molar-refractivity contribution is 0.339. The van der Waals surface area contributed by atoms with Crippen molar-refractivity contribution in [3.63, 3.8) is 0 Å². The Morgan fingerprint density at radius 3 is 1.46 bits per heavy atom. The molecule has 1 aliphatic carbocycles. The molecule has 2 nitrogen and oxygen atoms in total. The summed E-state index contributed by atoms with van der Waals surface area (Å²) in [5, 5.41) is 20.6. The zero-order valence-corrected chi connectivity index (χ0v) is 21.4. The van der Waals surface area contributed by atoms with Crippen LogP contribution in [-0.2, 0) is 0 Å². The first-order chi connectivity index (χ1) is 13.3. The molecule has 3 rings (SSSR count). The standard InChI is InChI=1S/C22H20Br4O2/c23-17-9-15(21(27)19(25)11-17)7-5-13-3-1-2-4-14(13)6-8-16-10-18(24)12-20(26)22(16)28/h5-14,27-28H,1-4H2/t13-,14-/m1/s1. The van der Waals surface area contributed by atoms with Crippen molar-refractivity contribution in [2.45, 2.75) is 25.7 Å². The molecule has 1 aliphatic rings. The molecule has 1 saturated carbocycles. The number of aromatic hydroxyl groups is 2. The van der Waals surface area contributed by atoms with Gasteiger partial charge in [0.2, 0.25) is 0 Å². The number of hydrogen-bond acceptors (Lipinski definition) is 2. The minimum Gasteiger partial charge on any atom is -0.506 e. The lowest BCUT2D eigenvalue weighted by atomic mass is 9.78. The van der Waals surface area contributed by atoms with Gasteiger partial charge in [-0.15, -0.1) is 0 Å². The molecule has 0 radical (unpaired) electrons. The average Bonchev–Trinajstić information content (AvgIpc) is 2.65. The van der Waals surface area contributed by atoms with Crippen molar-refractivity contribution in [1.29, 1.82) is 0 Å². The molecule has 0 saturated heterocycles. The highest BCUT2D eigenvalue weighted by molar-refractivity contribution is 9.11. The number of allylic oxidation sites excluding steroid dienone is 2. The van der Waals surface area contributed by atoms with Gasteiger partial charge >= 0.3 is 0 Å². The Kier molecular flexibility index (Phi) is 7.88. The maximum absolute atomic E-state index is 10.3. The van der Waals surface area contributed by atoms with Crippen LogP contribution in [0.4, 0.5) is 0 Å². The Morgan fingerprint density at radius 1 is 0.679 bits per heavy atom. The summed E-state index contributed by atoms with van der Waals surface area (Å²) < 4.78 is 3.20. The Labute approximate surface area is 199 Å². The van der Waals surface area contributed by atoms with E-state index in [0.717, 1.165) is 32.9 Å². The van der Waals surface area contributed by atoms with Crippen molar-refractivity contribution in [2.75, 3.05) is 0 Å². The summed E-state index contributed by atoms with van der Waals surface area (Å²) in [6.45, 7) is 0. The highest BCUT2D eigenvalue weighted by Gasteiger charge is 2.21. The fraction of sp³-hybridized carbons (Fsp3) is 0.273. The maximum atomic E-state index is 10.3. The molecular formula is C22H20Br4O2. The maximum Gasteiger partial charge on any atom is 0.137 e. The van der Waals surface area contributed by atoms with E-state index in [4.69, 9.17) is 0 Å². The summed E-state index contributed by atoms with van der Waals surface area (Å²) in [5.74, 6) is 1.32. The molecule has 0 aliphatic heterocycles. The van der Waals surface area contributed by atoms with Gasteiger partial charge in [0.25, 0.3) is 0 Å². The van der Waals surface area contributed by atoms with Crippen molar-refractivity contribution >= 4 is 75.9 Å². The molecule has 28 heavy (non-hydrogen) atoms. The van der Waals surface area contributed by atoms with E-state index in [1.165, 1.54) is 12.8 Å². The van der Waals surface area contributed by atoms with E-state index in [0.29, 0.717) is 20.8 Å². The van der Waals surface area contributed by atoms with Crippen molar-refractivity contribution < 1.29 is 10.2 Å². The van der Waals surface area contributed by atoms with Crippen LogP contribution in [0.5, 0.6) is 11.5 Å². The van der Waals surface area contributed by atoms with Gasteiger partial charge in [-0.05, 0) is 80.8 Å². The number of benzene rings is 2. The largest absolute Gasteiger partial charge is 0.506 e. The summed E-state index contributed by atoms with van der Waals surface area (Å²) in [5.41, 5.74) is 1.59. The van der Waals surface area contributed by atoms with Crippen LogP contribution in [0.2, 0.25) is 0 Å². The van der Waals surface area contributed by atoms with Crippen molar-refractivity contribution in [3.05, 3.63) is 65.4 Å². The first kappa shape index (κ1) is 22.1. The molecular weight excluding hydrogens is 616 g/mol. The van der Waals surface area contributed by atoms with Crippen molar-refractivity contribution in [3.8, 4) is 11.5 Å². The molecule has 1 fully saturated rings. The van der Waals surface area contributed by atoms with Gasteiger partial charge in [0.15, 0.2) is 0 Å². The van der Waals surface area contributed by atoms with E-state index in [1.54, 1.807) is 0 Å². The quantitative estimate of drug-likeness (QED) is 0.353. The predicted molar refractivity (Wildman–Crippen MR) is 131 cm³/mol. The molecule has 0 amide bonds. The molecule has 2 aromatic carbocycles. The molecule has 0 spiro atoms. The smallest absolute Gasteiger partial charge is 0.137 e. The van der Waals surface area contributed by atoms with Crippen LogP contribution in [0.25, 0.3) is 12.2 Å². The van der Waals surface area contributed by atoms with Crippen LogP contribution in [0.3, 0.4) is 0 Å². The van der Waals surface area contributed by atoms with Gasteiger partial charge in [0.1, 0.15) is 11.5 Å². The minimum atomic E-state index is 0.256. The van der Waals surface area contributed by atoms with Crippen LogP contribution in [0.1, 0.15) is 36.8 Å². The normalized spacial score (nSPS) is 20.3. The van der Waals surface area contributed by atoms with Gasteiger partial charge in [-0.1, -0.05) is 69.0 Å². The first-order valence-corrected chi connectivity index (χ1v) is 12.2. The van der Waals surface area contributed by atoms with Crippen LogP contribution >= 0.6 is 63.7 Å². The number of phenolic OH excluding ortho intramolecular Hbond substituents is 2. The SMILES string of the molecule is Oc1c(Br)cc(Br)cc1C=C[C@H]1CCCC[C@@H]1C=Cc1cc(Br)cc(Br)c1O. The second-order valence-corrected chi connectivity index (χ2v) is 10.5. The second kappa shape index (κ2) is 9.96. The van der Waals surface area contributed by atoms with E-state index in [-0.39, 0.29) is 11.5 Å². The molecule has 2 N–H and O–H groups in total. The van der Waals surface area contributed by atoms with Crippen LogP contribution < -0.4 is 0 Å². The van der Waals surface area contributed by atoms with E-state index in [2.05, 4.69) is 75.9 Å². The second-order valence-electron chi connectivity index (χ2n) is 6.98. The summed E-state index contributed by atoms with van der Waals surface area (Å²) in [6.07, 6.45) is 13.1. The third-order valence-corrected chi connectivity index (χ3v) is 7.16. The summed E-state index contributed by atoms with van der Waals surface area (Å²) in [4.78, 5) is 0. The Morgan fingerprint density at radius 2 is 1.07 bits per heavy atom. The topological polar surface area (TPSA) is 40.5 Å². The lowest BCUT2D eigenvalue weighted by Gasteiger charge is -2.27. The number of phenols is 2. The summed E-state index contributed by atoms with van der Waals surface area (Å²) >= 11 is 13.7. The first-order valence-electron chi connectivity index (χ1n) is 9.07. The number of rotatable bonds is 4.